The Hall–Kier alpha value is -3.09. The van der Waals surface area contributed by atoms with Gasteiger partial charge in [0.05, 0.1) is 21.4 Å². The molecule has 0 spiro atoms. The Morgan fingerprint density at radius 1 is 1.14 bits per heavy atom. The Kier molecular flexibility index (Phi) is 9.06. The monoisotopic (exact) mass is 695 g/mol. The molecule has 0 aliphatic carbocycles. The van der Waals surface area contributed by atoms with E-state index in [0.717, 1.165) is 13.4 Å². The fourth-order valence-electron chi connectivity index (χ4n) is 3.33. The molecule has 1 aromatic heterocycles. The van der Waals surface area contributed by atoms with Crippen molar-refractivity contribution in [2.45, 2.75) is 6.92 Å². The molecule has 0 unspecified atom stereocenters. The van der Waals surface area contributed by atoms with Gasteiger partial charge in [-0.1, -0.05) is 45.7 Å². The van der Waals surface area contributed by atoms with Gasteiger partial charge >= 0.3 is 5.91 Å². The predicted molar refractivity (Wildman–Crippen MR) is 155 cm³/mol. The molecule has 0 saturated heterocycles. The molecule has 3 aromatic carbocycles. The van der Waals surface area contributed by atoms with E-state index in [2.05, 4.69) is 54.4 Å². The van der Waals surface area contributed by atoms with Crippen LogP contribution in [0.3, 0.4) is 0 Å². The SMILES string of the molecule is CCOc1cc(/C=N\NC(=O)c2cc3cc(Br)cc(I)c3o2)cc(Cl)c1OCC(=O)Nc1ccccc1. The number of ether oxygens (including phenoxy) is 2. The average Bonchev–Trinajstić information content (AvgIpc) is 3.29. The number of rotatable bonds is 9. The van der Waals surface area contributed by atoms with E-state index in [4.69, 9.17) is 25.5 Å². The summed E-state index contributed by atoms with van der Waals surface area (Å²) >= 11 is 12.0. The lowest BCUT2D eigenvalue weighted by Crippen LogP contribution is -2.20. The molecule has 1 heterocycles. The molecule has 11 heteroatoms. The van der Waals surface area contributed by atoms with E-state index in [1.165, 1.54) is 6.21 Å². The van der Waals surface area contributed by atoms with E-state index >= 15 is 0 Å². The van der Waals surface area contributed by atoms with Crippen LogP contribution in [0.25, 0.3) is 11.0 Å². The number of anilines is 1. The zero-order chi connectivity index (χ0) is 26.4. The molecule has 0 atom stereocenters. The Bertz CT molecular complexity index is 1480. The molecule has 2 N–H and O–H groups in total. The summed E-state index contributed by atoms with van der Waals surface area (Å²) in [5, 5.41) is 7.77. The second-order valence-electron chi connectivity index (χ2n) is 7.58. The minimum atomic E-state index is -0.500. The van der Waals surface area contributed by atoms with Crippen molar-refractivity contribution >= 4 is 84.8 Å². The number of carbonyl (C=O) groups excluding carboxylic acids is 2. The van der Waals surface area contributed by atoms with Gasteiger partial charge in [0.15, 0.2) is 23.9 Å². The highest BCUT2D eigenvalue weighted by Crippen LogP contribution is 2.36. The summed E-state index contributed by atoms with van der Waals surface area (Å²) < 4.78 is 18.8. The number of fused-ring (bicyclic) bond motifs is 1. The second-order valence-corrected chi connectivity index (χ2v) is 10.1. The Labute approximate surface area is 239 Å². The number of carbonyl (C=O) groups is 2. The van der Waals surface area contributed by atoms with Crippen LogP contribution >= 0.6 is 50.1 Å². The van der Waals surface area contributed by atoms with Crippen LogP contribution in [-0.4, -0.2) is 31.2 Å². The number of hydrazone groups is 1. The molecule has 0 saturated carbocycles. The van der Waals surface area contributed by atoms with Crippen molar-refractivity contribution in [1.29, 1.82) is 0 Å². The molecule has 0 aliphatic rings. The minimum absolute atomic E-state index is 0.133. The van der Waals surface area contributed by atoms with Gasteiger partial charge in [0.25, 0.3) is 5.91 Å². The molecule has 0 aliphatic heterocycles. The Morgan fingerprint density at radius 3 is 2.68 bits per heavy atom. The first kappa shape index (κ1) is 27.0. The second kappa shape index (κ2) is 12.4. The van der Waals surface area contributed by atoms with E-state index in [-0.39, 0.29) is 29.0 Å². The van der Waals surface area contributed by atoms with Gasteiger partial charge < -0.3 is 19.2 Å². The summed E-state index contributed by atoms with van der Waals surface area (Å²) in [5.41, 5.74) is 4.28. The molecule has 2 amide bonds. The molecule has 4 rings (SSSR count). The van der Waals surface area contributed by atoms with Crippen LogP contribution in [0.5, 0.6) is 11.5 Å². The highest BCUT2D eigenvalue weighted by molar-refractivity contribution is 14.1. The maximum Gasteiger partial charge on any atom is 0.307 e. The van der Waals surface area contributed by atoms with Crippen molar-refractivity contribution in [2.24, 2.45) is 5.10 Å². The summed E-state index contributed by atoms with van der Waals surface area (Å²) in [4.78, 5) is 24.8. The largest absolute Gasteiger partial charge is 0.490 e. The summed E-state index contributed by atoms with van der Waals surface area (Å²) in [6.07, 6.45) is 1.42. The third kappa shape index (κ3) is 7.02. The number of benzene rings is 3. The van der Waals surface area contributed by atoms with Crippen LogP contribution in [-0.2, 0) is 4.79 Å². The smallest absolute Gasteiger partial charge is 0.307 e. The van der Waals surface area contributed by atoms with E-state index in [1.54, 1.807) is 30.3 Å². The number of nitrogens with one attached hydrogen (secondary N) is 2. The van der Waals surface area contributed by atoms with E-state index in [1.807, 2.05) is 37.3 Å². The van der Waals surface area contributed by atoms with Gasteiger partial charge in [-0.2, -0.15) is 5.10 Å². The standard InChI is InChI=1S/C26H20BrClIN3O5/c1-2-35-21-9-15(8-19(28)25(21)36-14-23(33)31-18-6-4-3-5-7-18)13-30-32-26(34)22-11-16-10-17(27)12-20(29)24(16)37-22/h3-13H,2,14H2,1H3,(H,31,33)(H,32,34)/b30-13-. The average molecular weight is 697 g/mol. The number of para-hydroxylation sites is 1. The summed E-state index contributed by atoms with van der Waals surface area (Å²) in [6.45, 7) is 1.90. The first-order chi connectivity index (χ1) is 17.8. The topological polar surface area (TPSA) is 102 Å². The molecule has 0 radical (unpaired) electrons. The van der Waals surface area contributed by atoms with Crippen molar-refractivity contribution < 1.29 is 23.5 Å². The van der Waals surface area contributed by atoms with Gasteiger partial charge in [0.2, 0.25) is 0 Å². The quantitative estimate of drug-likeness (QED) is 0.116. The van der Waals surface area contributed by atoms with E-state index in [9.17, 15) is 9.59 Å². The Balaban J connectivity index is 1.43. The van der Waals surface area contributed by atoms with E-state index < -0.39 is 5.91 Å². The van der Waals surface area contributed by atoms with Crippen molar-refractivity contribution in [2.75, 3.05) is 18.5 Å². The fraction of sp³-hybridized carbons (Fsp3) is 0.115. The van der Waals surface area contributed by atoms with E-state index in [0.29, 0.717) is 29.2 Å². The Morgan fingerprint density at radius 2 is 1.92 bits per heavy atom. The van der Waals surface area contributed by atoms with Crippen molar-refractivity contribution in [1.82, 2.24) is 5.43 Å². The third-order valence-corrected chi connectivity index (χ3v) is 6.42. The van der Waals surface area contributed by atoms with Crippen LogP contribution < -0.4 is 20.2 Å². The normalized spacial score (nSPS) is 11.0. The maximum absolute atomic E-state index is 12.5. The first-order valence-corrected chi connectivity index (χ1v) is 13.2. The van der Waals surface area contributed by atoms with Gasteiger partial charge in [0, 0.05) is 15.5 Å². The predicted octanol–water partition coefficient (Wildman–Crippen LogP) is 6.63. The number of hydrogen-bond donors (Lipinski definition) is 2. The molecular formula is C26H20BrClIN3O5. The van der Waals surface area contributed by atoms with Crippen LogP contribution in [0.2, 0.25) is 5.02 Å². The number of nitrogens with zero attached hydrogens (tertiary/aromatic N) is 1. The van der Waals surface area contributed by atoms with Crippen LogP contribution in [0.1, 0.15) is 23.0 Å². The van der Waals surface area contributed by atoms with Crippen molar-refractivity contribution in [3.8, 4) is 11.5 Å². The van der Waals surface area contributed by atoms with Crippen molar-refractivity contribution in [3.63, 3.8) is 0 Å². The zero-order valence-corrected chi connectivity index (χ0v) is 23.9. The fourth-order valence-corrected chi connectivity index (χ4v) is 5.26. The van der Waals surface area contributed by atoms with Crippen LogP contribution in [0.4, 0.5) is 5.69 Å². The highest BCUT2D eigenvalue weighted by Gasteiger charge is 2.16. The molecule has 0 fully saturated rings. The molecule has 190 valence electrons. The van der Waals surface area contributed by atoms with Crippen molar-refractivity contribution in [3.05, 3.63) is 85.1 Å². The summed E-state index contributed by atoms with van der Waals surface area (Å²) in [5.74, 6) is -0.136. The molecule has 0 bridgehead atoms. The number of furan rings is 1. The maximum atomic E-state index is 12.5. The van der Waals surface area contributed by atoms with Gasteiger partial charge in [-0.3, -0.25) is 9.59 Å². The number of amides is 2. The zero-order valence-electron chi connectivity index (χ0n) is 19.4. The minimum Gasteiger partial charge on any atom is -0.490 e. The first-order valence-electron chi connectivity index (χ1n) is 11.0. The number of halogens is 3. The van der Waals surface area contributed by atoms with Gasteiger partial charge in [-0.15, -0.1) is 0 Å². The molecular weight excluding hydrogens is 677 g/mol. The third-order valence-electron chi connectivity index (χ3n) is 4.88. The lowest BCUT2D eigenvalue weighted by molar-refractivity contribution is -0.118. The van der Waals surface area contributed by atoms with Gasteiger partial charge in [-0.25, -0.2) is 5.43 Å². The van der Waals surface area contributed by atoms with Gasteiger partial charge in [-0.05, 0) is 77.5 Å². The lowest BCUT2D eigenvalue weighted by atomic mass is 10.2. The van der Waals surface area contributed by atoms with Gasteiger partial charge in [0.1, 0.15) is 5.58 Å². The number of hydrogen-bond acceptors (Lipinski definition) is 6. The molecule has 4 aromatic rings. The molecule has 8 nitrogen and oxygen atoms in total. The summed E-state index contributed by atoms with van der Waals surface area (Å²) in [6, 6.07) is 17.7. The lowest BCUT2D eigenvalue weighted by Gasteiger charge is -2.14. The molecule has 37 heavy (non-hydrogen) atoms. The van der Waals surface area contributed by atoms with Crippen LogP contribution in [0.15, 0.2) is 74.7 Å². The van der Waals surface area contributed by atoms with Crippen LogP contribution in [0, 0.1) is 3.57 Å². The summed E-state index contributed by atoms with van der Waals surface area (Å²) in [7, 11) is 0. The highest BCUT2D eigenvalue weighted by atomic mass is 127.